The van der Waals surface area contributed by atoms with Crippen molar-refractivity contribution >= 4 is 12.0 Å². The number of carbonyl (C=O) groups excluding carboxylic acids is 1. The topological polar surface area (TPSA) is 87.7 Å². The fraction of sp³-hybridized carbons (Fsp3) is 0.857. The van der Waals surface area contributed by atoms with Gasteiger partial charge in [-0.25, -0.2) is 9.59 Å². The van der Waals surface area contributed by atoms with Crippen LogP contribution in [0.1, 0.15) is 51.4 Å². The Balaban J connectivity index is 2.40. The summed E-state index contributed by atoms with van der Waals surface area (Å²) in [5, 5.41) is 14.8. The SMILES string of the molecule is COCCCCNC(=O)NC1(C(=O)O)CCCCCC1. The van der Waals surface area contributed by atoms with Gasteiger partial charge < -0.3 is 20.5 Å². The van der Waals surface area contributed by atoms with E-state index in [-0.39, 0.29) is 6.03 Å². The first-order chi connectivity index (χ1) is 9.60. The molecule has 0 aromatic carbocycles. The van der Waals surface area contributed by atoms with E-state index in [2.05, 4.69) is 10.6 Å². The van der Waals surface area contributed by atoms with Gasteiger partial charge in [0.15, 0.2) is 0 Å². The molecule has 2 amide bonds. The van der Waals surface area contributed by atoms with E-state index < -0.39 is 11.5 Å². The van der Waals surface area contributed by atoms with Crippen LogP contribution in [0.25, 0.3) is 0 Å². The lowest BCUT2D eigenvalue weighted by molar-refractivity contribution is -0.145. The molecular weight excluding hydrogens is 260 g/mol. The van der Waals surface area contributed by atoms with Crippen LogP contribution < -0.4 is 10.6 Å². The third kappa shape index (κ3) is 5.36. The lowest BCUT2D eigenvalue weighted by atomic mass is 9.90. The molecule has 0 spiro atoms. The summed E-state index contributed by atoms with van der Waals surface area (Å²) < 4.78 is 4.93. The number of nitrogens with one attached hydrogen (secondary N) is 2. The molecule has 0 bridgehead atoms. The lowest BCUT2D eigenvalue weighted by Gasteiger charge is -2.29. The van der Waals surface area contributed by atoms with Gasteiger partial charge in [0.2, 0.25) is 0 Å². The maximum Gasteiger partial charge on any atom is 0.329 e. The number of hydrogen-bond donors (Lipinski definition) is 3. The summed E-state index contributed by atoms with van der Waals surface area (Å²) in [5.41, 5.74) is -1.09. The molecule has 1 saturated carbocycles. The summed E-state index contributed by atoms with van der Waals surface area (Å²) in [5.74, 6) is -0.922. The molecule has 6 heteroatoms. The largest absolute Gasteiger partial charge is 0.480 e. The van der Waals surface area contributed by atoms with Gasteiger partial charge in [-0.3, -0.25) is 0 Å². The Morgan fingerprint density at radius 1 is 1.15 bits per heavy atom. The van der Waals surface area contributed by atoms with Crippen LogP contribution in [-0.4, -0.2) is 42.9 Å². The predicted octanol–water partition coefficient (Wildman–Crippen LogP) is 1.89. The van der Waals surface area contributed by atoms with Gasteiger partial charge in [-0.05, 0) is 25.7 Å². The predicted molar refractivity (Wildman–Crippen MR) is 75.7 cm³/mol. The Hall–Kier alpha value is -1.30. The smallest absolute Gasteiger partial charge is 0.329 e. The first-order valence-electron chi connectivity index (χ1n) is 7.39. The highest BCUT2D eigenvalue weighted by Gasteiger charge is 2.39. The monoisotopic (exact) mass is 286 g/mol. The molecule has 0 saturated heterocycles. The molecule has 116 valence electrons. The number of rotatable bonds is 7. The molecule has 0 heterocycles. The molecule has 3 N–H and O–H groups in total. The molecular formula is C14H26N2O4. The summed E-state index contributed by atoms with van der Waals surface area (Å²) in [6.07, 6.45) is 6.49. The second-order valence-corrected chi connectivity index (χ2v) is 5.38. The molecule has 0 atom stereocenters. The summed E-state index contributed by atoms with van der Waals surface area (Å²) >= 11 is 0. The van der Waals surface area contributed by atoms with Gasteiger partial charge in [0.1, 0.15) is 5.54 Å². The molecule has 20 heavy (non-hydrogen) atoms. The van der Waals surface area contributed by atoms with Gasteiger partial charge >= 0.3 is 12.0 Å². The number of aliphatic carboxylic acids is 1. The van der Waals surface area contributed by atoms with E-state index >= 15 is 0 Å². The van der Waals surface area contributed by atoms with Crippen molar-refractivity contribution in [1.82, 2.24) is 10.6 Å². The van der Waals surface area contributed by atoms with Crippen molar-refractivity contribution in [3.8, 4) is 0 Å². The average Bonchev–Trinajstić information content (AvgIpc) is 2.65. The number of carboxylic acid groups (broad SMARTS) is 1. The fourth-order valence-electron chi connectivity index (χ4n) is 2.56. The van der Waals surface area contributed by atoms with E-state index in [1.54, 1.807) is 7.11 Å². The zero-order chi connectivity index (χ0) is 14.8. The minimum Gasteiger partial charge on any atom is -0.480 e. The average molecular weight is 286 g/mol. The highest BCUT2D eigenvalue weighted by Crippen LogP contribution is 2.27. The lowest BCUT2D eigenvalue weighted by Crippen LogP contribution is -2.57. The standard InChI is InChI=1S/C14H26N2O4/c1-20-11-7-6-10-15-13(19)16-14(12(17)18)8-4-2-3-5-9-14/h2-11H2,1H3,(H,17,18)(H2,15,16,19). The van der Waals surface area contributed by atoms with Crippen LogP contribution in [0.2, 0.25) is 0 Å². The zero-order valence-electron chi connectivity index (χ0n) is 12.2. The molecule has 6 nitrogen and oxygen atoms in total. The van der Waals surface area contributed by atoms with Crippen LogP contribution in [0.4, 0.5) is 4.79 Å². The van der Waals surface area contributed by atoms with E-state index in [0.29, 0.717) is 26.0 Å². The molecule has 1 rings (SSSR count). The maximum absolute atomic E-state index is 11.8. The van der Waals surface area contributed by atoms with Crippen LogP contribution >= 0.6 is 0 Å². The summed E-state index contributed by atoms with van der Waals surface area (Å²) in [7, 11) is 1.64. The molecule has 0 radical (unpaired) electrons. The van der Waals surface area contributed by atoms with Crippen LogP contribution in [-0.2, 0) is 9.53 Å². The zero-order valence-corrected chi connectivity index (χ0v) is 12.2. The van der Waals surface area contributed by atoms with E-state index in [1.165, 1.54) is 0 Å². The first kappa shape index (κ1) is 16.8. The van der Waals surface area contributed by atoms with Gasteiger partial charge in [0.25, 0.3) is 0 Å². The van der Waals surface area contributed by atoms with Gasteiger partial charge in [0, 0.05) is 20.3 Å². The summed E-state index contributed by atoms with van der Waals surface area (Å²) in [6.45, 7) is 1.20. The van der Waals surface area contributed by atoms with Crippen LogP contribution in [0, 0.1) is 0 Å². The quantitative estimate of drug-likeness (QED) is 0.492. The number of hydrogen-bond acceptors (Lipinski definition) is 3. The molecule has 0 aromatic heterocycles. The number of unbranched alkanes of at least 4 members (excludes halogenated alkanes) is 1. The van der Waals surface area contributed by atoms with Gasteiger partial charge in [-0.15, -0.1) is 0 Å². The first-order valence-corrected chi connectivity index (χ1v) is 7.39. The highest BCUT2D eigenvalue weighted by atomic mass is 16.5. The second kappa shape index (κ2) is 8.79. The van der Waals surface area contributed by atoms with E-state index in [1.807, 2.05) is 0 Å². The number of carbonyl (C=O) groups is 2. The minimum atomic E-state index is -1.09. The van der Waals surface area contributed by atoms with E-state index in [4.69, 9.17) is 4.74 Å². The van der Waals surface area contributed by atoms with Gasteiger partial charge in [-0.1, -0.05) is 25.7 Å². The Morgan fingerprint density at radius 2 is 1.80 bits per heavy atom. The number of amides is 2. The van der Waals surface area contributed by atoms with Crippen LogP contribution in [0.3, 0.4) is 0 Å². The minimum absolute atomic E-state index is 0.383. The van der Waals surface area contributed by atoms with Crippen molar-refractivity contribution in [2.24, 2.45) is 0 Å². The van der Waals surface area contributed by atoms with Crippen LogP contribution in [0.15, 0.2) is 0 Å². The van der Waals surface area contributed by atoms with Crippen molar-refractivity contribution in [3.05, 3.63) is 0 Å². The van der Waals surface area contributed by atoms with Crippen molar-refractivity contribution in [1.29, 1.82) is 0 Å². The highest BCUT2D eigenvalue weighted by molar-refractivity contribution is 5.86. The molecule has 1 aliphatic rings. The normalized spacial score (nSPS) is 18.1. The fourth-order valence-corrected chi connectivity index (χ4v) is 2.56. The molecule has 1 fully saturated rings. The molecule has 0 aliphatic heterocycles. The Labute approximate surface area is 120 Å². The van der Waals surface area contributed by atoms with Gasteiger partial charge in [-0.2, -0.15) is 0 Å². The number of carboxylic acids is 1. The maximum atomic E-state index is 11.8. The molecule has 0 unspecified atom stereocenters. The number of urea groups is 1. The van der Waals surface area contributed by atoms with Gasteiger partial charge in [0.05, 0.1) is 0 Å². The third-order valence-electron chi connectivity index (χ3n) is 3.78. The summed E-state index contributed by atoms with van der Waals surface area (Å²) in [4.78, 5) is 23.4. The third-order valence-corrected chi connectivity index (χ3v) is 3.78. The Morgan fingerprint density at radius 3 is 2.35 bits per heavy atom. The molecule has 0 aromatic rings. The van der Waals surface area contributed by atoms with E-state index in [9.17, 15) is 14.7 Å². The Kier molecular flexibility index (Phi) is 7.36. The number of ether oxygens (including phenoxy) is 1. The number of methoxy groups -OCH3 is 1. The Bertz CT molecular complexity index is 312. The molecule has 1 aliphatic carbocycles. The second-order valence-electron chi connectivity index (χ2n) is 5.38. The summed E-state index contributed by atoms with van der Waals surface area (Å²) in [6, 6.07) is -0.383. The van der Waals surface area contributed by atoms with E-state index in [0.717, 1.165) is 38.5 Å². The van der Waals surface area contributed by atoms with Crippen molar-refractivity contribution < 1.29 is 19.4 Å². The van der Waals surface area contributed by atoms with Crippen molar-refractivity contribution in [2.45, 2.75) is 56.9 Å². The van der Waals surface area contributed by atoms with Crippen molar-refractivity contribution in [2.75, 3.05) is 20.3 Å². The van der Waals surface area contributed by atoms with Crippen molar-refractivity contribution in [3.63, 3.8) is 0 Å². The van der Waals surface area contributed by atoms with Crippen LogP contribution in [0.5, 0.6) is 0 Å².